The minimum absolute atomic E-state index is 0.0350. The number of hydrogen-bond donors (Lipinski definition) is 0. The molecule has 0 aliphatic heterocycles. The van der Waals surface area contributed by atoms with Crippen LogP contribution in [0, 0.1) is 17.0 Å². The van der Waals surface area contributed by atoms with E-state index in [2.05, 4.69) is 9.82 Å². The second-order valence-corrected chi connectivity index (χ2v) is 2.24. The Morgan fingerprint density at radius 2 is 2.50 bits per heavy atom. The molecule has 1 heterocycles. The van der Waals surface area contributed by atoms with Crippen molar-refractivity contribution in [3.8, 4) is 0 Å². The molecule has 0 bridgehead atoms. The van der Waals surface area contributed by atoms with Crippen molar-refractivity contribution >= 4 is 0 Å². The molecule has 5 heteroatoms. The molecule has 12 heavy (non-hydrogen) atoms. The number of aromatic nitrogens is 1. The van der Waals surface area contributed by atoms with Crippen LogP contribution in [0.4, 0.5) is 0 Å². The van der Waals surface area contributed by atoms with Crippen LogP contribution >= 0.6 is 0 Å². The molecule has 0 amide bonds. The second kappa shape index (κ2) is 3.66. The monoisotopic (exact) mass is 168 g/mol. The van der Waals surface area contributed by atoms with E-state index in [1.807, 2.05) is 0 Å². The van der Waals surface area contributed by atoms with Gasteiger partial charge in [-0.15, -0.1) is 10.1 Å². The van der Waals surface area contributed by atoms with Crippen LogP contribution in [-0.2, 0) is 11.4 Å². The molecule has 5 nitrogen and oxygen atoms in total. The minimum atomic E-state index is -0.813. The lowest BCUT2D eigenvalue weighted by Gasteiger charge is -2.01. The van der Waals surface area contributed by atoms with Gasteiger partial charge in [-0.25, -0.2) is 0 Å². The summed E-state index contributed by atoms with van der Waals surface area (Å²) < 4.78 is 0. The summed E-state index contributed by atoms with van der Waals surface area (Å²) in [6.45, 7) is 1.74. The maximum absolute atomic E-state index is 9.85. The number of rotatable bonds is 3. The van der Waals surface area contributed by atoms with Crippen LogP contribution in [0.25, 0.3) is 0 Å². The molecule has 1 aromatic heterocycles. The molecule has 0 aliphatic carbocycles. The summed E-state index contributed by atoms with van der Waals surface area (Å²) in [5.41, 5.74) is 1.48. The van der Waals surface area contributed by atoms with Crippen molar-refractivity contribution in [2.24, 2.45) is 0 Å². The minimum Gasteiger partial charge on any atom is -0.309 e. The first-order chi connectivity index (χ1) is 5.70. The molecule has 0 aromatic carbocycles. The smallest absolute Gasteiger partial charge is 0.294 e. The van der Waals surface area contributed by atoms with Crippen molar-refractivity contribution in [2.75, 3.05) is 0 Å². The molecule has 0 N–H and O–H groups in total. The van der Waals surface area contributed by atoms with Gasteiger partial charge in [-0.1, -0.05) is 6.07 Å². The third kappa shape index (κ3) is 2.19. The van der Waals surface area contributed by atoms with Crippen LogP contribution in [0.3, 0.4) is 0 Å². The van der Waals surface area contributed by atoms with Crippen molar-refractivity contribution in [1.82, 2.24) is 4.98 Å². The Kier molecular flexibility index (Phi) is 2.57. The molecule has 0 spiro atoms. The van der Waals surface area contributed by atoms with E-state index in [1.54, 1.807) is 25.3 Å². The van der Waals surface area contributed by atoms with Crippen LogP contribution in [0.5, 0.6) is 0 Å². The lowest BCUT2D eigenvalue weighted by molar-refractivity contribution is -0.763. The van der Waals surface area contributed by atoms with Crippen molar-refractivity contribution in [3.05, 3.63) is 39.7 Å². The van der Waals surface area contributed by atoms with E-state index in [1.165, 1.54) is 0 Å². The Morgan fingerprint density at radius 3 is 3.08 bits per heavy atom. The van der Waals surface area contributed by atoms with E-state index in [0.29, 0.717) is 0 Å². The molecule has 0 radical (unpaired) electrons. The topological polar surface area (TPSA) is 65.3 Å². The van der Waals surface area contributed by atoms with Crippen LogP contribution in [0.15, 0.2) is 18.3 Å². The van der Waals surface area contributed by atoms with E-state index >= 15 is 0 Å². The third-order valence-electron chi connectivity index (χ3n) is 1.44. The summed E-state index contributed by atoms with van der Waals surface area (Å²) in [6.07, 6.45) is 1.63. The Balaban J connectivity index is 2.63. The maximum atomic E-state index is 9.85. The predicted octanol–water partition coefficient (Wildman–Crippen LogP) is 1.10. The number of aryl methyl sites for hydroxylation is 1. The molecule has 1 rings (SSSR count). The third-order valence-corrected chi connectivity index (χ3v) is 1.44. The van der Waals surface area contributed by atoms with Gasteiger partial charge in [-0.05, 0) is 18.6 Å². The summed E-state index contributed by atoms with van der Waals surface area (Å²) in [6, 6.07) is 3.46. The zero-order valence-electron chi connectivity index (χ0n) is 6.56. The predicted molar refractivity (Wildman–Crippen MR) is 40.8 cm³/mol. The van der Waals surface area contributed by atoms with Gasteiger partial charge in [0, 0.05) is 11.9 Å². The van der Waals surface area contributed by atoms with E-state index < -0.39 is 5.09 Å². The zero-order valence-corrected chi connectivity index (χ0v) is 6.56. The van der Waals surface area contributed by atoms with Gasteiger partial charge in [0.05, 0.1) is 0 Å². The SMILES string of the molecule is Cc1ncccc1CO[N+](=O)[O-]. The quantitative estimate of drug-likeness (QED) is 0.500. The van der Waals surface area contributed by atoms with Gasteiger partial charge in [0.15, 0.2) is 0 Å². The highest BCUT2D eigenvalue weighted by molar-refractivity contribution is 5.16. The Hall–Kier alpha value is -1.65. The van der Waals surface area contributed by atoms with Crippen molar-refractivity contribution < 1.29 is 9.92 Å². The van der Waals surface area contributed by atoms with Gasteiger partial charge in [-0.3, -0.25) is 4.98 Å². The molecular weight excluding hydrogens is 160 g/mol. The first-order valence-electron chi connectivity index (χ1n) is 3.38. The fourth-order valence-electron chi connectivity index (χ4n) is 0.792. The Morgan fingerprint density at radius 1 is 1.75 bits per heavy atom. The summed E-state index contributed by atoms with van der Waals surface area (Å²) in [5, 5.41) is 9.03. The highest BCUT2D eigenvalue weighted by atomic mass is 16.9. The largest absolute Gasteiger partial charge is 0.309 e. The van der Waals surface area contributed by atoms with Crippen LogP contribution in [0.1, 0.15) is 11.3 Å². The molecule has 0 unspecified atom stereocenters. The molecule has 0 fully saturated rings. The van der Waals surface area contributed by atoms with E-state index in [0.717, 1.165) is 11.3 Å². The molecule has 64 valence electrons. The van der Waals surface area contributed by atoms with Crippen molar-refractivity contribution in [2.45, 2.75) is 13.5 Å². The van der Waals surface area contributed by atoms with Gasteiger partial charge in [0.25, 0.3) is 5.09 Å². The summed E-state index contributed by atoms with van der Waals surface area (Å²) in [4.78, 5) is 18.0. The zero-order chi connectivity index (χ0) is 8.97. The molecular formula is C7H8N2O3. The van der Waals surface area contributed by atoms with Crippen LogP contribution in [0.2, 0.25) is 0 Å². The van der Waals surface area contributed by atoms with E-state index in [4.69, 9.17) is 0 Å². The van der Waals surface area contributed by atoms with E-state index in [-0.39, 0.29) is 6.61 Å². The first kappa shape index (κ1) is 8.45. The number of hydrogen-bond acceptors (Lipinski definition) is 4. The van der Waals surface area contributed by atoms with Crippen LogP contribution in [-0.4, -0.2) is 10.1 Å². The average molecular weight is 168 g/mol. The fourth-order valence-corrected chi connectivity index (χ4v) is 0.792. The molecule has 0 atom stereocenters. The Labute approximate surface area is 69.1 Å². The lowest BCUT2D eigenvalue weighted by atomic mass is 10.2. The molecule has 1 aromatic rings. The summed E-state index contributed by atoms with van der Waals surface area (Å²) in [7, 11) is 0. The summed E-state index contributed by atoms with van der Waals surface area (Å²) in [5.74, 6) is 0. The number of pyridine rings is 1. The van der Waals surface area contributed by atoms with Crippen molar-refractivity contribution in [1.29, 1.82) is 0 Å². The maximum Gasteiger partial charge on any atom is 0.294 e. The average Bonchev–Trinajstić information content (AvgIpc) is 2.03. The van der Waals surface area contributed by atoms with Gasteiger partial charge in [0.1, 0.15) is 6.61 Å². The fraction of sp³-hybridized carbons (Fsp3) is 0.286. The molecule has 0 saturated heterocycles. The standard InChI is InChI=1S/C7H8N2O3/c1-6-7(3-2-4-8-6)5-12-9(10)11/h2-4H,5H2,1H3. The summed E-state index contributed by atoms with van der Waals surface area (Å²) >= 11 is 0. The normalized spacial score (nSPS) is 9.42. The first-order valence-corrected chi connectivity index (χ1v) is 3.38. The highest BCUT2D eigenvalue weighted by Gasteiger charge is 2.00. The highest BCUT2D eigenvalue weighted by Crippen LogP contribution is 2.04. The van der Waals surface area contributed by atoms with Gasteiger partial charge >= 0.3 is 0 Å². The van der Waals surface area contributed by atoms with E-state index in [9.17, 15) is 10.1 Å². The van der Waals surface area contributed by atoms with Crippen LogP contribution < -0.4 is 0 Å². The van der Waals surface area contributed by atoms with Crippen molar-refractivity contribution in [3.63, 3.8) is 0 Å². The Bertz CT molecular complexity index is 288. The number of nitrogens with zero attached hydrogens (tertiary/aromatic N) is 2. The van der Waals surface area contributed by atoms with Gasteiger partial charge in [0.2, 0.25) is 0 Å². The molecule has 0 saturated carbocycles. The molecule has 0 aliphatic rings. The van der Waals surface area contributed by atoms with Gasteiger partial charge in [-0.2, -0.15) is 0 Å². The lowest BCUT2D eigenvalue weighted by Crippen LogP contribution is -2.02. The van der Waals surface area contributed by atoms with Gasteiger partial charge < -0.3 is 4.84 Å². The second-order valence-electron chi connectivity index (χ2n) is 2.24.